The number of pyridine rings is 1. The molecular weight excluding hydrogens is 300 g/mol. The molecule has 1 aromatic heterocycles. The second-order valence-electron chi connectivity index (χ2n) is 4.98. The number of hydrogen-bond donors (Lipinski definition) is 0. The van der Waals surface area contributed by atoms with E-state index in [2.05, 4.69) is 4.98 Å². The van der Waals surface area contributed by atoms with Gasteiger partial charge in [0.1, 0.15) is 0 Å². The van der Waals surface area contributed by atoms with Gasteiger partial charge in [-0.1, -0.05) is 23.7 Å². The summed E-state index contributed by atoms with van der Waals surface area (Å²) in [6.07, 6.45) is 3.81. The van der Waals surface area contributed by atoms with Gasteiger partial charge in [0.05, 0.1) is 19.1 Å². The van der Waals surface area contributed by atoms with E-state index >= 15 is 0 Å². The fraction of sp³-hybridized carbons (Fsp3) is 0.294. The Morgan fingerprint density at radius 2 is 1.77 bits per heavy atom. The van der Waals surface area contributed by atoms with Crippen LogP contribution in [0.25, 0.3) is 0 Å². The first-order chi connectivity index (χ1) is 10.6. The van der Waals surface area contributed by atoms with E-state index in [1.807, 2.05) is 36.4 Å². The van der Waals surface area contributed by atoms with Crippen molar-refractivity contribution in [2.75, 3.05) is 20.8 Å². The Bertz CT molecular complexity index is 602. The zero-order valence-electron chi connectivity index (χ0n) is 12.7. The molecule has 2 rings (SSSR count). The monoisotopic (exact) mass is 318 g/mol. The van der Waals surface area contributed by atoms with Crippen LogP contribution in [0.4, 0.5) is 0 Å². The maximum Gasteiger partial charge on any atom is 0.225 e. The molecule has 0 aliphatic carbocycles. The van der Waals surface area contributed by atoms with E-state index in [9.17, 15) is 4.79 Å². The molecule has 116 valence electrons. The number of ether oxygens (including phenoxy) is 1. The summed E-state index contributed by atoms with van der Waals surface area (Å²) >= 11 is 5.97. The van der Waals surface area contributed by atoms with Gasteiger partial charge in [-0.25, -0.2) is 0 Å². The van der Waals surface area contributed by atoms with Crippen molar-refractivity contribution in [3.05, 3.63) is 64.9 Å². The average molecular weight is 319 g/mol. The summed E-state index contributed by atoms with van der Waals surface area (Å²) in [5.41, 5.74) is 2.01. The Morgan fingerprint density at radius 3 is 2.36 bits per heavy atom. The number of carbonyl (C=O) groups excluding carboxylic acids is 1. The van der Waals surface area contributed by atoms with Crippen molar-refractivity contribution in [3.8, 4) is 0 Å². The molecule has 1 amide bonds. The maximum atomic E-state index is 12.4. The Morgan fingerprint density at radius 1 is 1.18 bits per heavy atom. The van der Waals surface area contributed by atoms with E-state index in [0.717, 1.165) is 11.1 Å². The number of hydrogen-bond acceptors (Lipinski definition) is 3. The number of methoxy groups -OCH3 is 1. The van der Waals surface area contributed by atoms with Crippen LogP contribution in [-0.4, -0.2) is 36.6 Å². The first-order valence-corrected chi connectivity index (χ1v) is 7.41. The number of aromatic nitrogens is 1. The third-order valence-electron chi connectivity index (χ3n) is 3.51. The highest BCUT2D eigenvalue weighted by molar-refractivity contribution is 6.30. The van der Waals surface area contributed by atoms with Crippen molar-refractivity contribution in [2.24, 2.45) is 0 Å². The molecule has 0 saturated carbocycles. The van der Waals surface area contributed by atoms with E-state index in [4.69, 9.17) is 16.3 Å². The second-order valence-corrected chi connectivity index (χ2v) is 5.42. The van der Waals surface area contributed by atoms with Crippen LogP contribution in [0.5, 0.6) is 0 Å². The van der Waals surface area contributed by atoms with Crippen molar-refractivity contribution in [3.63, 3.8) is 0 Å². The molecule has 0 radical (unpaired) electrons. The lowest BCUT2D eigenvalue weighted by molar-refractivity contribution is -0.132. The molecule has 0 saturated heterocycles. The number of carbonyl (C=O) groups is 1. The Balaban J connectivity index is 2.33. The number of benzene rings is 1. The Hall–Kier alpha value is -1.91. The summed E-state index contributed by atoms with van der Waals surface area (Å²) in [4.78, 5) is 18.1. The molecule has 5 heteroatoms. The highest BCUT2D eigenvalue weighted by atomic mass is 35.5. The Labute approximate surface area is 135 Å². The molecule has 4 nitrogen and oxygen atoms in total. The summed E-state index contributed by atoms with van der Waals surface area (Å²) in [6, 6.07) is 11.2. The SMILES string of the molecule is COCCC(=O)N(C)[C@@H](c1ccncc1)c1ccc(Cl)cc1. The highest BCUT2D eigenvalue weighted by Gasteiger charge is 2.23. The van der Waals surface area contributed by atoms with Crippen LogP contribution < -0.4 is 0 Å². The molecule has 1 atom stereocenters. The molecule has 1 heterocycles. The standard InChI is InChI=1S/C17H19ClN2O2/c1-20(16(21)9-12-22-2)17(14-7-10-19-11-8-14)13-3-5-15(18)6-4-13/h3-8,10-11,17H,9,12H2,1-2H3/t17-/m1/s1. The molecular formula is C17H19ClN2O2. The molecule has 0 aliphatic rings. The Kier molecular flexibility index (Phi) is 5.92. The lowest BCUT2D eigenvalue weighted by Gasteiger charge is -2.29. The fourth-order valence-electron chi connectivity index (χ4n) is 2.34. The van der Waals surface area contributed by atoms with Crippen molar-refractivity contribution in [1.29, 1.82) is 0 Å². The van der Waals surface area contributed by atoms with Crippen molar-refractivity contribution in [2.45, 2.75) is 12.5 Å². The van der Waals surface area contributed by atoms with Crippen LogP contribution in [0, 0.1) is 0 Å². The lowest BCUT2D eigenvalue weighted by atomic mass is 9.98. The quantitative estimate of drug-likeness (QED) is 0.820. The minimum Gasteiger partial charge on any atom is -0.384 e. The van der Waals surface area contributed by atoms with E-state index in [1.165, 1.54) is 0 Å². The predicted molar refractivity (Wildman–Crippen MR) is 86.8 cm³/mol. The van der Waals surface area contributed by atoms with E-state index in [-0.39, 0.29) is 11.9 Å². The zero-order chi connectivity index (χ0) is 15.9. The second kappa shape index (κ2) is 7.92. The van der Waals surface area contributed by atoms with Gasteiger partial charge < -0.3 is 9.64 Å². The van der Waals surface area contributed by atoms with Gasteiger partial charge in [0.25, 0.3) is 0 Å². The summed E-state index contributed by atoms with van der Waals surface area (Å²) < 4.78 is 4.99. The van der Waals surface area contributed by atoms with Crippen LogP contribution in [0.2, 0.25) is 5.02 Å². The number of amides is 1. The van der Waals surface area contributed by atoms with Crippen LogP contribution in [-0.2, 0) is 9.53 Å². The number of nitrogens with zero attached hydrogens (tertiary/aromatic N) is 2. The highest BCUT2D eigenvalue weighted by Crippen LogP contribution is 2.28. The molecule has 1 aromatic carbocycles. The topological polar surface area (TPSA) is 42.4 Å². The lowest BCUT2D eigenvalue weighted by Crippen LogP contribution is -2.32. The first kappa shape index (κ1) is 16.5. The summed E-state index contributed by atoms with van der Waals surface area (Å²) in [6.45, 7) is 0.410. The van der Waals surface area contributed by atoms with Gasteiger partial charge in [-0.2, -0.15) is 0 Å². The molecule has 0 N–H and O–H groups in total. The van der Waals surface area contributed by atoms with Gasteiger partial charge in [-0.15, -0.1) is 0 Å². The van der Waals surface area contributed by atoms with Gasteiger partial charge >= 0.3 is 0 Å². The van der Waals surface area contributed by atoms with Gasteiger partial charge in [-0.05, 0) is 35.4 Å². The predicted octanol–water partition coefficient (Wildman–Crippen LogP) is 3.32. The smallest absolute Gasteiger partial charge is 0.225 e. The minimum absolute atomic E-state index is 0.0265. The van der Waals surface area contributed by atoms with Gasteiger partial charge in [0, 0.05) is 31.6 Å². The van der Waals surface area contributed by atoms with Crippen molar-refractivity contribution in [1.82, 2.24) is 9.88 Å². The van der Waals surface area contributed by atoms with Crippen LogP contribution >= 0.6 is 11.6 Å². The molecule has 0 bridgehead atoms. The third-order valence-corrected chi connectivity index (χ3v) is 3.76. The van der Waals surface area contributed by atoms with E-state index in [1.54, 1.807) is 31.5 Å². The molecule has 0 aliphatic heterocycles. The van der Waals surface area contributed by atoms with Crippen LogP contribution in [0.1, 0.15) is 23.6 Å². The van der Waals surface area contributed by atoms with E-state index < -0.39 is 0 Å². The number of rotatable bonds is 6. The number of halogens is 1. The van der Waals surface area contributed by atoms with E-state index in [0.29, 0.717) is 18.1 Å². The maximum absolute atomic E-state index is 12.4. The molecule has 0 fully saturated rings. The van der Waals surface area contributed by atoms with Crippen LogP contribution in [0.15, 0.2) is 48.8 Å². The van der Waals surface area contributed by atoms with Crippen molar-refractivity contribution < 1.29 is 9.53 Å². The zero-order valence-corrected chi connectivity index (χ0v) is 13.5. The minimum atomic E-state index is -0.176. The largest absolute Gasteiger partial charge is 0.384 e. The summed E-state index contributed by atoms with van der Waals surface area (Å²) in [7, 11) is 3.39. The molecule has 0 spiro atoms. The normalized spacial score (nSPS) is 12.0. The first-order valence-electron chi connectivity index (χ1n) is 7.03. The summed E-state index contributed by atoms with van der Waals surface area (Å²) in [5, 5.41) is 0.672. The van der Waals surface area contributed by atoms with Gasteiger partial charge in [0.15, 0.2) is 0 Å². The third kappa shape index (κ3) is 4.06. The molecule has 2 aromatic rings. The summed E-state index contributed by atoms with van der Waals surface area (Å²) in [5.74, 6) is 0.0265. The molecule has 0 unspecified atom stereocenters. The van der Waals surface area contributed by atoms with Gasteiger partial charge in [0.2, 0.25) is 5.91 Å². The van der Waals surface area contributed by atoms with Crippen molar-refractivity contribution >= 4 is 17.5 Å². The van der Waals surface area contributed by atoms with Gasteiger partial charge in [-0.3, -0.25) is 9.78 Å². The fourth-order valence-corrected chi connectivity index (χ4v) is 2.47. The molecule has 22 heavy (non-hydrogen) atoms. The van der Waals surface area contributed by atoms with Crippen LogP contribution in [0.3, 0.4) is 0 Å². The average Bonchev–Trinajstić information content (AvgIpc) is 2.55.